The van der Waals surface area contributed by atoms with E-state index in [1.165, 1.54) is 0 Å². The molecule has 1 saturated heterocycles. The lowest BCUT2D eigenvalue weighted by molar-refractivity contribution is -0.305. The summed E-state index contributed by atoms with van der Waals surface area (Å²) in [6, 6.07) is 6.88. The third kappa shape index (κ3) is 4.69. The van der Waals surface area contributed by atoms with E-state index in [2.05, 4.69) is 0 Å². The molecule has 0 atom stereocenters. The Bertz CT molecular complexity index is 597. The van der Waals surface area contributed by atoms with Crippen molar-refractivity contribution < 1.29 is 19.5 Å². The van der Waals surface area contributed by atoms with Crippen molar-refractivity contribution in [3.05, 3.63) is 34.9 Å². The summed E-state index contributed by atoms with van der Waals surface area (Å²) >= 11 is 6.04. The molecule has 124 valence electrons. The van der Waals surface area contributed by atoms with E-state index in [1.807, 2.05) is 0 Å². The van der Waals surface area contributed by atoms with Crippen LogP contribution in [0.15, 0.2) is 24.3 Å². The molecule has 1 aliphatic rings. The molecular weight excluding hydrogens is 320 g/mol. The number of nitrogens with zero attached hydrogens (tertiary/aromatic N) is 2. The van der Waals surface area contributed by atoms with Crippen LogP contribution < -0.4 is 5.11 Å². The Kier molecular flexibility index (Phi) is 5.98. The van der Waals surface area contributed by atoms with E-state index >= 15 is 0 Å². The lowest BCUT2D eigenvalue weighted by atomic mass is 10.1. The van der Waals surface area contributed by atoms with Crippen LogP contribution in [0, 0.1) is 0 Å². The minimum atomic E-state index is -1.15. The largest absolute Gasteiger partial charge is 0.550 e. The standard InChI is InChI=1S/C16H19ClN2O4/c17-13-5-2-1-4-12(13)16(23)19-10-8-18(9-11-19)14(20)6-3-7-15(21)22/h1-2,4-5H,3,6-11H2,(H,21,22)/p-1. The van der Waals surface area contributed by atoms with E-state index in [1.54, 1.807) is 34.1 Å². The molecule has 0 unspecified atom stereocenters. The Labute approximate surface area is 139 Å². The highest BCUT2D eigenvalue weighted by molar-refractivity contribution is 6.33. The summed E-state index contributed by atoms with van der Waals surface area (Å²) < 4.78 is 0. The maximum absolute atomic E-state index is 12.4. The van der Waals surface area contributed by atoms with Crippen molar-refractivity contribution in [3.8, 4) is 0 Å². The van der Waals surface area contributed by atoms with Crippen molar-refractivity contribution in [2.45, 2.75) is 19.3 Å². The topological polar surface area (TPSA) is 80.8 Å². The van der Waals surface area contributed by atoms with Crippen LogP contribution in [0.5, 0.6) is 0 Å². The first kappa shape index (κ1) is 17.3. The van der Waals surface area contributed by atoms with Gasteiger partial charge in [-0.3, -0.25) is 9.59 Å². The smallest absolute Gasteiger partial charge is 0.255 e. The van der Waals surface area contributed by atoms with Gasteiger partial charge in [0, 0.05) is 38.6 Å². The maximum atomic E-state index is 12.4. The molecule has 0 spiro atoms. The molecule has 1 fully saturated rings. The molecule has 1 aliphatic heterocycles. The highest BCUT2D eigenvalue weighted by atomic mass is 35.5. The summed E-state index contributed by atoms with van der Waals surface area (Å²) in [7, 11) is 0. The summed E-state index contributed by atoms with van der Waals surface area (Å²) in [5.41, 5.74) is 0.461. The lowest BCUT2D eigenvalue weighted by Gasteiger charge is -2.35. The van der Waals surface area contributed by atoms with Gasteiger partial charge in [-0.1, -0.05) is 23.7 Å². The minimum absolute atomic E-state index is 0.0870. The number of rotatable bonds is 5. The third-order valence-electron chi connectivity index (χ3n) is 3.80. The normalized spacial score (nSPS) is 14.7. The molecule has 1 aromatic carbocycles. The Balaban J connectivity index is 1.84. The highest BCUT2D eigenvalue weighted by Gasteiger charge is 2.25. The number of aliphatic carboxylic acids is 1. The van der Waals surface area contributed by atoms with Gasteiger partial charge in [-0.05, 0) is 25.0 Å². The lowest BCUT2D eigenvalue weighted by Crippen LogP contribution is -2.50. The van der Waals surface area contributed by atoms with Gasteiger partial charge in [-0.15, -0.1) is 0 Å². The van der Waals surface area contributed by atoms with Crippen LogP contribution in [-0.4, -0.2) is 53.8 Å². The predicted molar refractivity (Wildman–Crippen MR) is 82.8 cm³/mol. The molecule has 1 aromatic rings. The van der Waals surface area contributed by atoms with Crippen LogP contribution in [0.25, 0.3) is 0 Å². The van der Waals surface area contributed by atoms with Crippen molar-refractivity contribution >= 4 is 29.4 Å². The van der Waals surface area contributed by atoms with Crippen molar-refractivity contribution in [1.82, 2.24) is 9.80 Å². The fraction of sp³-hybridized carbons (Fsp3) is 0.438. The summed E-state index contributed by atoms with van der Waals surface area (Å²) in [5, 5.41) is 10.8. The molecule has 0 aliphatic carbocycles. The summed E-state index contributed by atoms with van der Waals surface area (Å²) in [6.45, 7) is 1.77. The number of carboxylic acid groups (broad SMARTS) is 1. The van der Waals surface area contributed by atoms with Gasteiger partial charge in [-0.2, -0.15) is 0 Å². The number of carbonyl (C=O) groups is 3. The van der Waals surface area contributed by atoms with Crippen molar-refractivity contribution in [2.75, 3.05) is 26.2 Å². The summed E-state index contributed by atoms with van der Waals surface area (Å²) in [5.74, 6) is -1.37. The van der Waals surface area contributed by atoms with Gasteiger partial charge >= 0.3 is 0 Å². The average Bonchev–Trinajstić information content (AvgIpc) is 2.54. The van der Waals surface area contributed by atoms with Crippen molar-refractivity contribution in [1.29, 1.82) is 0 Å². The zero-order valence-corrected chi connectivity index (χ0v) is 13.4. The average molecular weight is 338 g/mol. The van der Waals surface area contributed by atoms with E-state index in [0.717, 1.165) is 0 Å². The Morgan fingerprint density at radius 1 is 1.00 bits per heavy atom. The van der Waals surface area contributed by atoms with Crippen LogP contribution in [-0.2, 0) is 9.59 Å². The van der Waals surface area contributed by atoms with Crippen molar-refractivity contribution in [2.24, 2.45) is 0 Å². The molecule has 0 N–H and O–H groups in total. The van der Waals surface area contributed by atoms with Crippen LogP contribution in [0.1, 0.15) is 29.6 Å². The van der Waals surface area contributed by atoms with Gasteiger partial charge < -0.3 is 19.7 Å². The first-order chi connectivity index (χ1) is 11.0. The SMILES string of the molecule is O=C([O-])CCCC(=O)N1CCN(C(=O)c2ccccc2Cl)CC1. The molecule has 0 saturated carbocycles. The van der Waals surface area contributed by atoms with Crippen molar-refractivity contribution in [3.63, 3.8) is 0 Å². The van der Waals surface area contributed by atoms with E-state index in [4.69, 9.17) is 11.6 Å². The van der Waals surface area contributed by atoms with Gasteiger partial charge in [0.1, 0.15) is 0 Å². The Morgan fingerprint density at radius 2 is 1.61 bits per heavy atom. The minimum Gasteiger partial charge on any atom is -0.550 e. The second-order valence-corrected chi connectivity index (χ2v) is 5.79. The highest BCUT2D eigenvalue weighted by Crippen LogP contribution is 2.18. The number of hydrogen-bond donors (Lipinski definition) is 0. The molecular formula is C16H18ClN2O4-. The molecule has 0 aromatic heterocycles. The Morgan fingerprint density at radius 3 is 2.22 bits per heavy atom. The van der Waals surface area contributed by atoms with E-state index in [0.29, 0.717) is 36.8 Å². The van der Waals surface area contributed by atoms with E-state index < -0.39 is 5.97 Å². The molecule has 6 nitrogen and oxygen atoms in total. The zero-order valence-electron chi connectivity index (χ0n) is 12.7. The summed E-state index contributed by atoms with van der Waals surface area (Å²) in [6.07, 6.45) is 0.350. The van der Waals surface area contributed by atoms with Crippen LogP contribution >= 0.6 is 11.6 Å². The molecule has 1 heterocycles. The van der Waals surface area contributed by atoms with Gasteiger partial charge in [0.25, 0.3) is 5.91 Å². The molecule has 7 heteroatoms. The van der Waals surface area contributed by atoms with Gasteiger partial charge in [-0.25, -0.2) is 0 Å². The molecule has 0 radical (unpaired) electrons. The maximum Gasteiger partial charge on any atom is 0.255 e. The zero-order chi connectivity index (χ0) is 16.8. The number of piperazine rings is 1. The number of amides is 2. The molecule has 0 bridgehead atoms. The summed E-state index contributed by atoms with van der Waals surface area (Å²) in [4.78, 5) is 38.1. The van der Waals surface area contributed by atoms with Crippen LogP contribution in [0.2, 0.25) is 5.02 Å². The molecule has 2 amide bonds. The van der Waals surface area contributed by atoms with Crippen LogP contribution in [0.3, 0.4) is 0 Å². The quantitative estimate of drug-likeness (QED) is 0.785. The molecule has 23 heavy (non-hydrogen) atoms. The van der Waals surface area contributed by atoms with E-state index in [9.17, 15) is 19.5 Å². The number of carboxylic acids is 1. The number of benzene rings is 1. The number of halogens is 1. The first-order valence-electron chi connectivity index (χ1n) is 7.50. The fourth-order valence-electron chi connectivity index (χ4n) is 2.51. The number of carbonyl (C=O) groups excluding carboxylic acids is 3. The predicted octanol–water partition coefficient (Wildman–Crippen LogP) is 0.545. The van der Waals surface area contributed by atoms with Crippen LogP contribution in [0.4, 0.5) is 0 Å². The second-order valence-electron chi connectivity index (χ2n) is 5.38. The fourth-order valence-corrected chi connectivity index (χ4v) is 2.72. The van der Waals surface area contributed by atoms with E-state index in [-0.39, 0.29) is 31.1 Å². The monoisotopic (exact) mass is 337 g/mol. The van der Waals surface area contributed by atoms with Gasteiger partial charge in [0.2, 0.25) is 5.91 Å². The molecule has 2 rings (SSSR count). The van der Waals surface area contributed by atoms with Gasteiger partial charge in [0.15, 0.2) is 0 Å². The third-order valence-corrected chi connectivity index (χ3v) is 4.12. The van der Waals surface area contributed by atoms with Gasteiger partial charge in [0.05, 0.1) is 10.6 Å². The Hall–Kier alpha value is -2.08. The second kappa shape index (κ2) is 7.97. The first-order valence-corrected chi connectivity index (χ1v) is 7.88. The number of hydrogen-bond acceptors (Lipinski definition) is 4.